The molecule has 3 fully saturated rings. The van der Waals surface area contributed by atoms with Crippen molar-refractivity contribution in [2.75, 3.05) is 7.11 Å². The van der Waals surface area contributed by atoms with E-state index >= 15 is 0 Å². The number of carbonyl (C=O) groups is 5. The van der Waals surface area contributed by atoms with Gasteiger partial charge in [0, 0.05) is 55.3 Å². The summed E-state index contributed by atoms with van der Waals surface area (Å²) in [5.41, 5.74) is -3.24. The van der Waals surface area contributed by atoms with Gasteiger partial charge >= 0.3 is 29.8 Å². The first-order valence-electron chi connectivity index (χ1n) is 17.6. The Balaban J connectivity index is 1.88. The largest absolute Gasteiger partial charge is 0.472 e. The minimum atomic E-state index is -1.56. The van der Waals surface area contributed by atoms with Gasteiger partial charge in [-0.05, 0) is 43.7 Å². The highest BCUT2D eigenvalue weighted by Gasteiger charge is 2.79. The minimum Gasteiger partial charge on any atom is -0.472 e. The van der Waals surface area contributed by atoms with E-state index in [9.17, 15) is 29.1 Å². The first kappa shape index (κ1) is 37.6. The monoisotopic (exact) mass is 700 g/mol. The smallest absolute Gasteiger partial charge is 0.314 e. The molecule has 276 valence electrons. The quantitative estimate of drug-likeness (QED) is 0.218. The lowest BCUT2D eigenvalue weighted by Crippen LogP contribution is -2.76. The van der Waals surface area contributed by atoms with Crippen LogP contribution in [0, 0.1) is 39.4 Å². The van der Waals surface area contributed by atoms with Gasteiger partial charge in [0.2, 0.25) is 0 Å². The SMILES string of the molecule is CCC(C)C(=O)O[C@H]1C(OC(C)=O)C2[C@]3(C)C(C[C@@H](OC(C)=O)[C@@]2(C)C2=CC[C@@H](c4ccoc4)[C@@]21C)[C@](C)(C(=O)OC)[C@H](O)C[C@@H]3OC(C)=O. The number of fused-ring (bicyclic) bond motifs is 5. The molecule has 13 atom stereocenters. The molecule has 0 spiro atoms. The number of furan rings is 1. The second kappa shape index (κ2) is 13.1. The van der Waals surface area contributed by atoms with Gasteiger partial charge in [-0.3, -0.25) is 24.0 Å². The van der Waals surface area contributed by atoms with E-state index in [1.54, 1.807) is 26.4 Å². The number of esters is 5. The lowest BCUT2D eigenvalue weighted by Gasteiger charge is -2.71. The summed E-state index contributed by atoms with van der Waals surface area (Å²) in [6.45, 7) is 14.9. The van der Waals surface area contributed by atoms with Gasteiger partial charge in [0.05, 0.1) is 37.1 Å². The molecule has 1 N–H and O–H groups in total. The van der Waals surface area contributed by atoms with E-state index in [0.717, 1.165) is 11.1 Å². The van der Waals surface area contributed by atoms with Crippen molar-refractivity contribution >= 4 is 29.8 Å². The highest BCUT2D eigenvalue weighted by atomic mass is 16.6. The molecule has 5 rings (SSSR count). The maximum atomic E-state index is 13.9. The molecule has 0 radical (unpaired) electrons. The first-order chi connectivity index (χ1) is 23.3. The lowest BCUT2D eigenvalue weighted by molar-refractivity contribution is -0.294. The summed E-state index contributed by atoms with van der Waals surface area (Å²) < 4.78 is 36.0. The Kier molecular flexibility index (Phi) is 9.88. The Morgan fingerprint density at radius 2 is 1.54 bits per heavy atom. The Bertz CT molecular complexity index is 1550. The Labute approximate surface area is 293 Å². The zero-order chi connectivity index (χ0) is 37.1. The van der Waals surface area contributed by atoms with E-state index in [1.807, 2.05) is 33.8 Å². The molecule has 12 nitrogen and oxygen atoms in total. The summed E-state index contributed by atoms with van der Waals surface area (Å²) in [4.78, 5) is 66.7. The average molecular weight is 701 g/mol. The van der Waals surface area contributed by atoms with Crippen LogP contribution in [0.3, 0.4) is 0 Å². The number of ether oxygens (including phenoxy) is 5. The van der Waals surface area contributed by atoms with Crippen molar-refractivity contribution in [2.45, 2.75) is 124 Å². The maximum Gasteiger partial charge on any atom is 0.314 e. The Hall–Kier alpha value is -3.67. The van der Waals surface area contributed by atoms with Crippen LogP contribution in [0.2, 0.25) is 0 Å². The van der Waals surface area contributed by atoms with E-state index in [4.69, 9.17) is 28.1 Å². The molecule has 0 bridgehead atoms. The fourth-order valence-corrected chi connectivity index (χ4v) is 10.7. The molecule has 50 heavy (non-hydrogen) atoms. The van der Waals surface area contributed by atoms with Crippen LogP contribution >= 0.6 is 0 Å². The van der Waals surface area contributed by atoms with Crippen molar-refractivity contribution in [3.63, 3.8) is 0 Å². The van der Waals surface area contributed by atoms with Crippen LogP contribution in [0.5, 0.6) is 0 Å². The third-order valence-corrected chi connectivity index (χ3v) is 13.1. The summed E-state index contributed by atoms with van der Waals surface area (Å²) >= 11 is 0. The van der Waals surface area contributed by atoms with Gasteiger partial charge in [-0.2, -0.15) is 0 Å². The van der Waals surface area contributed by atoms with E-state index in [0.29, 0.717) is 12.8 Å². The molecular weight excluding hydrogens is 648 g/mol. The zero-order valence-corrected chi connectivity index (χ0v) is 30.8. The first-order valence-corrected chi connectivity index (χ1v) is 17.6. The van der Waals surface area contributed by atoms with Crippen molar-refractivity contribution in [1.29, 1.82) is 0 Å². The predicted molar refractivity (Wildman–Crippen MR) is 177 cm³/mol. The van der Waals surface area contributed by atoms with Crippen molar-refractivity contribution in [3.8, 4) is 0 Å². The number of methoxy groups -OCH3 is 1. The average Bonchev–Trinajstić information content (AvgIpc) is 3.69. The standard InChI is InChI=1S/C38H52O12/c1-11-19(2)33(43)50-32-30(49-22(5)41)31-37(8,25-13-12-24(35(25,32)6)23-14-15-46-18-23)28(47-20(3)39)16-26-36(7,34(44)45-10)27(42)17-29(38(26,31)9)48-21(4)40/h13-15,18-19,24,26-32,42H,11-12,16-17H2,1-10H3/t19?,24-,26?,27+,28+,29-,30?,31?,32-,35-,36-,37+,38+/m0/s1. The second-order valence-electron chi connectivity index (χ2n) is 15.6. The van der Waals surface area contributed by atoms with Gasteiger partial charge in [0.15, 0.2) is 0 Å². The van der Waals surface area contributed by atoms with Crippen LogP contribution in [0.4, 0.5) is 0 Å². The Morgan fingerprint density at radius 3 is 2.08 bits per heavy atom. The molecule has 1 aromatic rings. The molecule has 0 aliphatic heterocycles. The fourth-order valence-electron chi connectivity index (χ4n) is 10.7. The topological polar surface area (TPSA) is 165 Å². The van der Waals surface area contributed by atoms with Gasteiger partial charge in [-0.1, -0.05) is 46.3 Å². The zero-order valence-electron chi connectivity index (χ0n) is 30.8. The number of hydrogen-bond donors (Lipinski definition) is 1. The van der Waals surface area contributed by atoms with Crippen LogP contribution in [0.1, 0.15) is 99.5 Å². The molecule has 0 saturated heterocycles. The van der Waals surface area contributed by atoms with Crippen molar-refractivity contribution < 1.29 is 57.2 Å². The molecule has 0 aromatic carbocycles. The summed E-state index contributed by atoms with van der Waals surface area (Å²) in [6.07, 6.45) is 0.845. The Morgan fingerprint density at radius 1 is 0.920 bits per heavy atom. The van der Waals surface area contributed by atoms with Crippen molar-refractivity contribution in [3.05, 3.63) is 35.8 Å². The van der Waals surface area contributed by atoms with Gasteiger partial charge in [0.25, 0.3) is 0 Å². The van der Waals surface area contributed by atoms with E-state index in [-0.39, 0.29) is 18.8 Å². The molecule has 1 aromatic heterocycles. The van der Waals surface area contributed by atoms with Gasteiger partial charge in [-0.25, -0.2) is 0 Å². The van der Waals surface area contributed by atoms with Gasteiger partial charge < -0.3 is 33.2 Å². The third kappa shape index (κ3) is 5.38. The van der Waals surface area contributed by atoms with E-state index in [2.05, 4.69) is 6.08 Å². The number of allylic oxidation sites excluding steroid dienone is 1. The summed E-state index contributed by atoms with van der Waals surface area (Å²) in [5.74, 6) is -5.43. The number of carbonyl (C=O) groups excluding carboxylic acids is 5. The van der Waals surface area contributed by atoms with E-state index < -0.39 is 99.8 Å². The molecule has 4 unspecified atom stereocenters. The molecular formula is C38H52O12. The van der Waals surface area contributed by atoms with Crippen LogP contribution < -0.4 is 0 Å². The number of aliphatic hydroxyl groups is 1. The van der Waals surface area contributed by atoms with Crippen molar-refractivity contribution in [1.82, 2.24) is 0 Å². The van der Waals surface area contributed by atoms with Crippen LogP contribution in [0.25, 0.3) is 0 Å². The molecule has 12 heteroatoms. The van der Waals surface area contributed by atoms with Crippen LogP contribution in [-0.2, 0) is 47.7 Å². The van der Waals surface area contributed by atoms with E-state index in [1.165, 1.54) is 27.9 Å². The molecule has 4 aliphatic carbocycles. The number of hydrogen-bond acceptors (Lipinski definition) is 12. The normalized spacial score (nSPS) is 40.9. The summed E-state index contributed by atoms with van der Waals surface area (Å²) in [5, 5.41) is 11.7. The minimum absolute atomic E-state index is 0.0808. The van der Waals surface area contributed by atoms with Crippen LogP contribution in [-0.4, -0.2) is 72.6 Å². The number of aliphatic hydroxyl groups excluding tert-OH is 1. The van der Waals surface area contributed by atoms with Gasteiger partial charge in [-0.15, -0.1) is 0 Å². The highest BCUT2D eigenvalue weighted by molar-refractivity contribution is 5.78. The summed E-state index contributed by atoms with van der Waals surface area (Å²) in [7, 11) is 1.24. The van der Waals surface area contributed by atoms with Crippen LogP contribution in [0.15, 0.2) is 34.7 Å². The van der Waals surface area contributed by atoms with Gasteiger partial charge in [0.1, 0.15) is 24.4 Å². The third-order valence-electron chi connectivity index (χ3n) is 13.1. The molecule has 1 heterocycles. The molecule has 3 saturated carbocycles. The predicted octanol–water partition coefficient (Wildman–Crippen LogP) is 5.06. The lowest BCUT2D eigenvalue weighted by atomic mass is 9.35. The molecule has 4 aliphatic rings. The fraction of sp³-hybridized carbons (Fsp3) is 0.711. The second-order valence-corrected chi connectivity index (χ2v) is 15.6. The molecule has 0 amide bonds. The highest BCUT2D eigenvalue weighted by Crippen LogP contribution is 2.75. The number of rotatable bonds is 8. The summed E-state index contributed by atoms with van der Waals surface area (Å²) in [6, 6.07) is 1.86. The van der Waals surface area contributed by atoms with Crippen molar-refractivity contribution in [2.24, 2.45) is 39.4 Å². The maximum absolute atomic E-state index is 13.9.